The minimum Gasteiger partial charge on any atom is -0.496 e. The van der Waals surface area contributed by atoms with Gasteiger partial charge in [-0.1, -0.05) is 0 Å². The van der Waals surface area contributed by atoms with E-state index in [4.69, 9.17) is 23.7 Å². The summed E-state index contributed by atoms with van der Waals surface area (Å²) in [6.07, 6.45) is 0. The second-order valence-electron chi connectivity index (χ2n) is 7.66. The van der Waals surface area contributed by atoms with Crippen LogP contribution in [0.3, 0.4) is 0 Å². The Morgan fingerprint density at radius 3 is 1.52 bits per heavy atom. The van der Waals surface area contributed by atoms with Gasteiger partial charge in [-0.3, -0.25) is 19.9 Å². The molecule has 1 heterocycles. The molecule has 10 heteroatoms. The number of hydrogen-bond acceptors (Lipinski definition) is 9. The highest BCUT2D eigenvalue weighted by molar-refractivity contribution is 5.54. The molecule has 0 amide bonds. The fourth-order valence-corrected chi connectivity index (χ4v) is 4.01. The Kier molecular flexibility index (Phi) is 8.18. The van der Waals surface area contributed by atoms with Crippen LogP contribution in [0.2, 0.25) is 0 Å². The van der Waals surface area contributed by atoms with E-state index < -0.39 is 0 Å². The molecule has 0 bridgehead atoms. The van der Waals surface area contributed by atoms with Gasteiger partial charge in [0.05, 0.1) is 46.5 Å². The van der Waals surface area contributed by atoms with Gasteiger partial charge in [-0.2, -0.15) is 0 Å². The van der Waals surface area contributed by atoms with Gasteiger partial charge in [-0.05, 0) is 12.1 Å². The summed E-state index contributed by atoms with van der Waals surface area (Å²) in [4.78, 5) is 15.7. The van der Waals surface area contributed by atoms with Crippen LogP contribution in [0.4, 0.5) is 5.69 Å². The maximum Gasteiger partial charge on any atom is 0.277 e. The zero-order chi connectivity index (χ0) is 24.0. The molecule has 1 aliphatic heterocycles. The van der Waals surface area contributed by atoms with E-state index in [1.54, 1.807) is 27.4 Å². The van der Waals surface area contributed by atoms with Gasteiger partial charge < -0.3 is 23.7 Å². The van der Waals surface area contributed by atoms with Crippen LogP contribution in [0.5, 0.6) is 28.7 Å². The topological polar surface area (TPSA) is 95.8 Å². The van der Waals surface area contributed by atoms with Crippen molar-refractivity contribution >= 4 is 5.69 Å². The fourth-order valence-electron chi connectivity index (χ4n) is 4.01. The summed E-state index contributed by atoms with van der Waals surface area (Å²) in [5.74, 6) is 2.86. The largest absolute Gasteiger partial charge is 0.496 e. The maximum atomic E-state index is 11.6. The average molecular weight is 462 g/mol. The Morgan fingerprint density at radius 2 is 1.06 bits per heavy atom. The molecule has 0 saturated carbocycles. The molecule has 0 aliphatic carbocycles. The lowest BCUT2D eigenvalue weighted by atomic mass is 10.1. The van der Waals surface area contributed by atoms with Crippen molar-refractivity contribution in [3.63, 3.8) is 0 Å². The summed E-state index contributed by atoms with van der Waals surface area (Å²) in [5.41, 5.74) is 1.65. The highest BCUT2D eigenvalue weighted by atomic mass is 16.6. The predicted molar refractivity (Wildman–Crippen MR) is 123 cm³/mol. The van der Waals surface area contributed by atoms with Crippen LogP contribution in [0.1, 0.15) is 11.1 Å². The number of rotatable bonds is 10. The summed E-state index contributed by atoms with van der Waals surface area (Å²) in [6, 6.07) is 6.89. The van der Waals surface area contributed by atoms with Crippen LogP contribution < -0.4 is 23.7 Å². The highest BCUT2D eigenvalue weighted by Crippen LogP contribution is 2.36. The number of piperazine rings is 1. The van der Waals surface area contributed by atoms with Crippen LogP contribution in [0, 0.1) is 10.1 Å². The van der Waals surface area contributed by atoms with E-state index in [1.807, 2.05) is 12.1 Å². The smallest absolute Gasteiger partial charge is 0.277 e. The SMILES string of the molecule is COc1cc(OC)c(OC)cc1CN1CCN(Cc2cc(OC)c(OC)cc2[N+](=O)[O-])CC1. The van der Waals surface area contributed by atoms with Crippen molar-refractivity contribution in [1.29, 1.82) is 0 Å². The minimum absolute atomic E-state index is 0.0325. The second-order valence-corrected chi connectivity index (χ2v) is 7.66. The minimum atomic E-state index is -0.378. The zero-order valence-corrected chi connectivity index (χ0v) is 19.8. The number of benzene rings is 2. The fraction of sp³-hybridized carbons (Fsp3) is 0.478. The highest BCUT2D eigenvalue weighted by Gasteiger charge is 2.24. The van der Waals surface area contributed by atoms with Gasteiger partial charge in [0.1, 0.15) is 5.75 Å². The van der Waals surface area contributed by atoms with Crippen molar-refractivity contribution in [1.82, 2.24) is 9.80 Å². The summed E-state index contributed by atoms with van der Waals surface area (Å²) >= 11 is 0. The molecule has 0 radical (unpaired) electrons. The normalized spacial score (nSPS) is 14.6. The quantitative estimate of drug-likeness (QED) is 0.391. The molecule has 33 heavy (non-hydrogen) atoms. The third-order valence-corrected chi connectivity index (χ3v) is 5.82. The van der Waals surface area contributed by atoms with Crippen molar-refractivity contribution in [2.24, 2.45) is 0 Å². The summed E-state index contributed by atoms with van der Waals surface area (Å²) < 4.78 is 26.9. The molecule has 0 spiro atoms. The van der Waals surface area contributed by atoms with E-state index in [9.17, 15) is 10.1 Å². The number of ether oxygens (including phenoxy) is 5. The van der Waals surface area contributed by atoms with Crippen LogP contribution in [-0.4, -0.2) is 76.5 Å². The first-order valence-electron chi connectivity index (χ1n) is 10.6. The Bertz CT molecular complexity index is 975. The lowest BCUT2D eigenvalue weighted by molar-refractivity contribution is -0.385. The van der Waals surface area contributed by atoms with Gasteiger partial charge in [0.15, 0.2) is 23.0 Å². The average Bonchev–Trinajstić information content (AvgIpc) is 2.84. The van der Waals surface area contributed by atoms with E-state index in [2.05, 4.69) is 9.80 Å². The summed E-state index contributed by atoms with van der Waals surface area (Å²) in [7, 11) is 7.83. The first kappa shape index (κ1) is 24.4. The van der Waals surface area contributed by atoms with Crippen molar-refractivity contribution in [3.05, 3.63) is 45.5 Å². The number of hydrogen-bond donors (Lipinski definition) is 0. The lowest BCUT2D eigenvalue weighted by Crippen LogP contribution is -2.45. The third kappa shape index (κ3) is 5.58. The summed E-state index contributed by atoms with van der Waals surface area (Å²) in [5, 5.41) is 11.6. The molecular formula is C23H31N3O7. The first-order chi connectivity index (χ1) is 15.9. The molecule has 2 aromatic rings. The molecule has 1 saturated heterocycles. The van der Waals surface area contributed by atoms with E-state index in [0.29, 0.717) is 41.7 Å². The van der Waals surface area contributed by atoms with Gasteiger partial charge in [-0.25, -0.2) is 0 Å². The standard InChI is InChI=1S/C23H31N3O7/c1-29-19-13-23(33-5)21(31-3)11-17(19)15-25-8-6-24(7-9-25)14-16-10-20(30-2)22(32-4)12-18(16)26(27)28/h10-13H,6-9,14-15H2,1-5H3. The predicted octanol–water partition coefficient (Wildman–Crippen LogP) is 2.96. The maximum absolute atomic E-state index is 11.6. The van der Waals surface area contributed by atoms with E-state index in [1.165, 1.54) is 20.3 Å². The molecule has 0 unspecified atom stereocenters. The van der Waals surface area contributed by atoms with Crippen LogP contribution in [0.25, 0.3) is 0 Å². The number of methoxy groups -OCH3 is 5. The molecule has 0 N–H and O–H groups in total. The Labute approximate surface area is 193 Å². The third-order valence-electron chi connectivity index (χ3n) is 5.82. The van der Waals surface area contributed by atoms with Crippen LogP contribution >= 0.6 is 0 Å². The van der Waals surface area contributed by atoms with Gasteiger partial charge in [0.2, 0.25) is 0 Å². The molecule has 180 valence electrons. The van der Waals surface area contributed by atoms with Gasteiger partial charge in [0.25, 0.3) is 5.69 Å². The van der Waals surface area contributed by atoms with E-state index in [0.717, 1.165) is 37.5 Å². The number of nitro benzene ring substituents is 1. The Hall–Kier alpha value is -3.24. The van der Waals surface area contributed by atoms with Crippen molar-refractivity contribution in [3.8, 4) is 28.7 Å². The van der Waals surface area contributed by atoms with E-state index in [-0.39, 0.29) is 10.6 Å². The molecule has 1 aliphatic rings. The molecule has 3 rings (SSSR count). The molecule has 0 aromatic heterocycles. The lowest BCUT2D eigenvalue weighted by Gasteiger charge is -2.35. The Balaban J connectivity index is 1.68. The first-order valence-corrected chi connectivity index (χ1v) is 10.6. The molecule has 1 fully saturated rings. The monoisotopic (exact) mass is 461 g/mol. The van der Waals surface area contributed by atoms with Crippen LogP contribution in [-0.2, 0) is 13.1 Å². The number of nitro groups is 1. The van der Waals surface area contributed by atoms with Crippen molar-refractivity contribution in [2.75, 3.05) is 61.7 Å². The molecular weight excluding hydrogens is 430 g/mol. The van der Waals surface area contributed by atoms with Gasteiger partial charge in [0, 0.05) is 56.5 Å². The Morgan fingerprint density at radius 1 is 0.667 bits per heavy atom. The van der Waals surface area contributed by atoms with Gasteiger partial charge >= 0.3 is 0 Å². The van der Waals surface area contributed by atoms with Crippen molar-refractivity contribution in [2.45, 2.75) is 13.1 Å². The van der Waals surface area contributed by atoms with Crippen molar-refractivity contribution < 1.29 is 28.6 Å². The van der Waals surface area contributed by atoms with E-state index >= 15 is 0 Å². The summed E-state index contributed by atoms with van der Waals surface area (Å²) in [6.45, 7) is 4.36. The molecule has 2 aromatic carbocycles. The molecule has 0 atom stereocenters. The van der Waals surface area contributed by atoms with Gasteiger partial charge in [-0.15, -0.1) is 0 Å². The second kappa shape index (κ2) is 11.1. The zero-order valence-electron chi connectivity index (χ0n) is 19.8. The molecule has 10 nitrogen and oxygen atoms in total. The number of nitrogens with zero attached hydrogens (tertiary/aromatic N) is 3. The van der Waals surface area contributed by atoms with Crippen LogP contribution in [0.15, 0.2) is 24.3 Å².